The highest BCUT2D eigenvalue weighted by molar-refractivity contribution is 7.87. The van der Waals surface area contributed by atoms with Crippen LogP contribution in [0.4, 0.5) is 0 Å². The highest BCUT2D eigenvalue weighted by Gasteiger charge is 2.32. The Kier molecular flexibility index (Phi) is 5.76. The maximum Gasteiger partial charge on any atom is 0.279 e. The summed E-state index contributed by atoms with van der Waals surface area (Å²) >= 11 is 0. The molecule has 2 atom stereocenters. The van der Waals surface area contributed by atoms with E-state index in [4.69, 9.17) is 4.74 Å². The maximum absolute atomic E-state index is 12.3. The maximum atomic E-state index is 12.3. The average Bonchev–Trinajstić information content (AvgIpc) is 2.42. The van der Waals surface area contributed by atoms with Crippen LogP contribution in [0.2, 0.25) is 0 Å². The quantitative estimate of drug-likeness (QED) is 0.670. The molecule has 2 N–H and O–H groups in total. The third-order valence-corrected chi connectivity index (χ3v) is 5.48. The summed E-state index contributed by atoms with van der Waals surface area (Å²) < 4.78 is 34.3. The number of nitrogens with one attached hydrogen (secondary N) is 2. The fraction of sp³-hybridized carbons (Fsp3) is 1.00. The first-order valence-corrected chi connectivity index (χ1v) is 8.74. The molecule has 8 heteroatoms. The molecular formula is C12H26N4O3S. The van der Waals surface area contributed by atoms with Crippen LogP contribution in [0.5, 0.6) is 0 Å². The lowest BCUT2D eigenvalue weighted by molar-refractivity contribution is -0.0175. The van der Waals surface area contributed by atoms with Crippen molar-refractivity contribution in [3.8, 4) is 0 Å². The summed E-state index contributed by atoms with van der Waals surface area (Å²) in [6.45, 7) is 9.78. The average molecular weight is 306 g/mol. The van der Waals surface area contributed by atoms with E-state index in [-0.39, 0.29) is 12.1 Å². The standard InChI is InChI=1S/C12H26N4O3S/c1-11-10-19-12(2)9-16(11)20(17,18)14-5-8-15-6-3-13-4-7-15/h11-14H,3-10H2,1-2H3. The molecule has 0 saturated carbocycles. The lowest BCUT2D eigenvalue weighted by atomic mass is 10.2. The smallest absolute Gasteiger partial charge is 0.279 e. The number of piperazine rings is 1. The Morgan fingerprint density at radius 1 is 1.30 bits per heavy atom. The monoisotopic (exact) mass is 306 g/mol. The fourth-order valence-electron chi connectivity index (χ4n) is 2.56. The van der Waals surface area contributed by atoms with Crippen molar-refractivity contribution >= 4 is 10.2 Å². The van der Waals surface area contributed by atoms with E-state index in [1.54, 1.807) is 0 Å². The van der Waals surface area contributed by atoms with E-state index in [2.05, 4.69) is 14.9 Å². The van der Waals surface area contributed by atoms with Gasteiger partial charge in [0.2, 0.25) is 0 Å². The lowest BCUT2D eigenvalue weighted by Crippen LogP contribution is -2.55. The van der Waals surface area contributed by atoms with Crippen LogP contribution in [0.3, 0.4) is 0 Å². The van der Waals surface area contributed by atoms with Gasteiger partial charge < -0.3 is 10.1 Å². The van der Waals surface area contributed by atoms with Crippen LogP contribution in [0.1, 0.15) is 13.8 Å². The van der Waals surface area contributed by atoms with Crippen molar-refractivity contribution in [3.63, 3.8) is 0 Å². The molecule has 2 fully saturated rings. The van der Waals surface area contributed by atoms with E-state index in [1.807, 2.05) is 13.8 Å². The van der Waals surface area contributed by atoms with Crippen molar-refractivity contribution in [2.24, 2.45) is 0 Å². The van der Waals surface area contributed by atoms with Crippen molar-refractivity contribution in [1.82, 2.24) is 19.2 Å². The van der Waals surface area contributed by atoms with Crippen LogP contribution < -0.4 is 10.0 Å². The Morgan fingerprint density at radius 2 is 2.00 bits per heavy atom. The second kappa shape index (κ2) is 7.15. The van der Waals surface area contributed by atoms with Gasteiger partial charge in [0.15, 0.2) is 0 Å². The van der Waals surface area contributed by atoms with Crippen LogP contribution in [0.25, 0.3) is 0 Å². The van der Waals surface area contributed by atoms with Gasteiger partial charge in [0.05, 0.1) is 12.7 Å². The summed E-state index contributed by atoms with van der Waals surface area (Å²) in [5.74, 6) is 0. The zero-order chi connectivity index (χ0) is 14.6. The second-order valence-electron chi connectivity index (χ2n) is 5.55. The molecule has 0 radical (unpaired) electrons. The largest absolute Gasteiger partial charge is 0.375 e. The third kappa shape index (κ3) is 4.37. The van der Waals surface area contributed by atoms with Crippen LogP contribution in [0.15, 0.2) is 0 Å². The van der Waals surface area contributed by atoms with Crippen molar-refractivity contribution in [2.45, 2.75) is 26.0 Å². The summed E-state index contributed by atoms with van der Waals surface area (Å²) in [4.78, 5) is 2.27. The Labute approximate surface area is 121 Å². The van der Waals surface area contributed by atoms with E-state index >= 15 is 0 Å². The third-order valence-electron chi connectivity index (χ3n) is 3.78. The summed E-state index contributed by atoms with van der Waals surface area (Å²) in [7, 11) is -3.41. The molecule has 118 valence electrons. The number of hydrogen-bond donors (Lipinski definition) is 2. The molecular weight excluding hydrogens is 280 g/mol. The van der Waals surface area contributed by atoms with Crippen LogP contribution >= 0.6 is 0 Å². The first-order valence-electron chi connectivity index (χ1n) is 7.30. The molecule has 0 aromatic rings. The summed E-state index contributed by atoms with van der Waals surface area (Å²) in [6, 6.07) is -0.108. The van der Waals surface area contributed by atoms with Crippen molar-refractivity contribution < 1.29 is 13.2 Å². The molecule has 0 bridgehead atoms. The van der Waals surface area contributed by atoms with Crippen molar-refractivity contribution in [3.05, 3.63) is 0 Å². The van der Waals surface area contributed by atoms with Crippen LogP contribution in [0, 0.1) is 0 Å². The Morgan fingerprint density at radius 3 is 2.70 bits per heavy atom. The highest BCUT2D eigenvalue weighted by Crippen LogP contribution is 2.14. The molecule has 0 aromatic carbocycles. The van der Waals surface area contributed by atoms with Gasteiger partial charge in [-0.15, -0.1) is 0 Å². The van der Waals surface area contributed by atoms with Gasteiger partial charge >= 0.3 is 0 Å². The summed E-state index contributed by atoms with van der Waals surface area (Å²) in [5, 5.41) is 3.28. The number of morpholine rings is 1. The van der Waals surface area contributed by atoms with Crippen LogP contribution in [-0.2, 0) is 14.9 Å². The molecule has 20 heavy (non-hydrogen) atoms. The highest BCUT2D eigenvalue weighted by atomic mass is 32.2. The molecule has 0 spiro atoms. The first-order chi connectivity index (χ1) is 9.49. The number of hydrogen-bond acceptors (Lipinski definition) is 5. The predicted octanol–water partition coefficient (Wildman–Crippen LogP) is -1.16. The minimum absolute atomic E-state index is 0.0454. The van der Waals surface area contributed by atoms with Crippen molar-refractivity contribution in [1.29, 1.82) is 0 Å². The topological polar surface area (TPSA) is 73.9 Å². The van der Waals surface area contributed by atoms with Gasteiger partial charge in [0, 0.05) is 51.9 Å². The Balaban J connectivity index is 1.80. The number of rotatable bonds is 5. The van der Waals surface area contributed by atoms with E-state index in [0.29, 0.717) is 19.7 Å². The molecule has 2 aliphatic heterocycles. The molecule has 2 saturated heterocycles. The molecule has 2 rings (SSSR count). The van der Waals surface area contributed by atoms with Gasteiger partial charge in [-0.25, -0.2) is 4.72 Å². The zero-order valence-electron chi connectivity index (χ0n) is 12.3. The molecule has 2 unspecified atom stereocenters. The molecule has 0 aromatic heterocycles. The van der Waals surface area contributed by atoms with Gasteiger partial charge in [0.25, 0.3) is 10.2 Å². The lowest BCUT2D eigenvalue weighted by Gasteiger charge is -2.35. The predicted molar refractivity (Wildman–Crippen MR) is 77.8 cm³/mol. The van der Waals surface area contributed by atoms with Gasteiger partial charge in [-0.1, -0.05) is 0 Å². The van der Waals surface area contributed by atoms with Crippen LogP contribution in [-0.4, -0.2) is 82.2 Å². The number of ether oxygens (including phenoxy) is 1. The zero-order valence-corrected chi connectivity index (χ0v) is 13.2. The first kappa shape index (κ1) is 16.1. The summed E-state index contributed by atoms with van der Waals surface area (Å²) in [6.07, 6.45) is -0.0454. The minimum atomic E-state index is -3.41. The minimum Gasteiger partial charge on any atom is -0.375 e. The fourth-order valence-corrected chi connectivity index (χ4v) is 4.01. The Hall–Kier alpha value is -0.250. The van der Waals surface area contributed by atoms with Gasteiger partial charge in [-0.2, -0.15) is 12.7 Å². The van der Waals surface area contributed by atoms with E-state index in [1.165, 1.54) is 4.31 Å². The molecule has 2 aliphatic rings. The SMILES string of the molecule is CC1CN(S(=O)(=O)NCCN2CCNCC2)C(C)CO1. The van der Waals surface area contributed by atoms with Gasteiger partial charge in [-0.3, -0.25) is 4.90 Å². The molecule has 7 nitrogen and oxygen atoms in total. The molecule has 0 amide bonds. The number of nitrogens with zero attached hydrogens (tertiary/aromatic N) is 2. The normalized spacial score (nSPS) is 30.5. The molecule has 2 heterocycles. The van der Waals surface area contributed by atoms with E-state index in [9.17, 15) is 8.42 Å². The summed E-state index contributed by atoms with van der Waals surface area (Å²) in [5.41, 5.74) is 0. The van der Waals surface area contributed by atoms with E-state index in [0.717, 1.165) is 32.7 Å². The van der Waals surface area contributed by atoms with Crippen molar-refractivity contribution in [2.75, 3.05) is 52.4 Å². The van der Waals surface area contributed by atoms with E-state index < -0.39 is 10.2 Å². The second-order valence-corrected chi connectivity index (χ2v) is 7.26. The van der Waals surface area contributed by atoms with Gasteiger partial charge in [0.1, 0.15) is 0 Å². The Bertz CT molecular complexity index is 398. The van der Waals surface area contributed by atoms with Gasteiger partial charge in [-0.05, 0) is 13.8 Å². The molecule has 0 aliphatic carbocycles.